The number of thiol groups is 1. The fourth-order valence-electron chi connectivity index (χ4n) is 2.53. The van der Waals surface area contributed by atoms with Crippen LogP contribution in [0.2, 0.25) is 0 Å². The predicted octanol–water partition coefficient (Wildman–Crippen LogP) is 5.94. The minimum atomic E-state index is -0.0837. The Labute approximate surface area is 137 Å². The Bertz CT molecular complexity index is 231. The lowest BCUT2D eigenvalue weighted by molar-refractivity contribution is -0.143. The zero-order chi connectivity index (χ0) is 15.8. The van der Waals surface area contributed by atoms with E-state index in [1.807, 2.05) is 6.92 Å². The largest absolute Gasteiger partial charge is 0.466 e. The third-order valence-corrected chi connectivity index (χ3v) is 4.39. The van der Waals surface area contributed by atoms with Gasteiger partial charge in [-0.25, -0.2) is 0 Å². The first-order valence-electron chi connectivity index (χ1n) is 9.04. The standard InChI is InChI=1S/C18H36O2S/c1-3-5-6-7-8-9-10-11-12-13-14-17(21)15-16-18(19)20-4-2/h17,21H,3-16H2,1-2H3. The van der Waals surface area contributed by atoms with Crippen LogP contribution >= 0.6 is 12.6 Å². The van der Waals surface area contributed by atoms with Crippen LogP contribution in [-0.2, 0) is 9.53 Å². The lowest BCUT2D eigenvalue weighted by Crippen LogP contribution is -2.08. The molecule has 0 bridgehead atoms. The maximum atomic E-state index is 11.2. The summed E-state index contributed by atoms with van der Waals surface area (Å²) in [5, 5.41) is 0.350. The van der Waals surface area contributed by atoms with Crippen molar-refractivity contribution in [2.75, 3.05) is 6.61 Å². The quantitative estimate of drug-likeness (QED) is 0.230. The first kappa shape index (κ1) is 20.8. The van der Waals surface area contributed by atoms with Crippen LogP contribution in [-0.4, -0.2) is 17.8 Å². The van der Waals surface area contributed by atoms with Crippen LogP contribution in [0.5, 0.6) is 0 Å². The molecule has 2 nitrogen and oxygen atoms in total. The Morgan fingerprint density at radius 3 is 1.90 bits per heavy atom. The molecule has 0 aliphatic rings. The minimum absolute atomic E-state index is 0.0837. The smallest absolute Gasteiger partial charge is 0.305 e. The number of carbonyl (C=O) groups excluding carboxylic acids is 1. The molecule has 0 amide bonds. The number of unbranched alkanes of at least 4 members (excludes halogenated alkanes) is 9. The second kappa shape index (κ2) is 16.2. The summed E-state index contributed by atoms with van der Waals surface area (Å²) in [4.78, 5) is 11.2. The predicted molar refractivity (Wildman–Crippen MR) is 95.1 cm³/mol. The van der Waals surface area contributed by atoms with Gasteiger partial charge in [-0.05, 0) is 19.8 Å². The molecular weight excluding hydrogens is 280 g/mol. The number of rotatable bonds is 15. The van der Waals surface area contributed by atoms with Crippen LogP contribution in [0, 0.1) is 0 Å². The summed E-state index contributed by atoms with van der Waals surface area (Å²) >= 11 is 4.56. The first-order valence-corrected chi connectivity index (χ1v) is 9.56. The topological polar surface area (TPSA) is 26.3 Å². The minimum Gasteiger partial charge on any atom is -0.466 e. The van der Waals surface area contributed by atoms with Crippen molar-refractivity contribution >= 4 is 18.6 Å². The van der Waals surface area contributed by atoms with Gasteiger partial charge < -0.3 is 4.74 Å². The van der Waals surface area contributed by atoms with Crippen molar-refractivity contribution in [2.45, 2.75) is 103 Å². The maximum absolute atomic E-state index is 11.2. The summed E-state index contributed by atoms with van der Waals surface area (Å²) in [5.41, 5.74) is 0. The molecule has 1 unspecified atom stereocenters. The Kier molecular flexibility index (Phi) is 16.1. The molecule has 3 heteroatoms. The molecule has 0 fully saturated rings. The van der Waals surface area contributed by atoms with Crippen LogP contribution in [0.3, 0.4) is 0 Å². The van der Waals surface area contributed by atoms with Gasteiger partial charge in [0.25, 0.3) is 0 Å². The normalized spacial score (nSPS) is 12.3. The van der Waals surface area contributed by atoms with Crippen LogP contribution in [0.1, 0.15) is 97.3 Å². The zero-order valence-corrected chi connectivity index (χ0v) is 15.1. The van der Waals surface area contributed by atoms with Crippen molar-refractivity contribution in [1.29, 1.82) is 0 Å². The van der Waals surface area contributed by atoms with E-state index in [-0.39, 0.29) is 5.97 Å². The van der Waals surface area contributed by atoms with Gasteiger partial charge in [-0.2, -0.15) is 12.6 Å². The number of carbonyl (C=O) groups is 1. The summed E-state index contributed by atoms with van der Waals surface area (Å²) in [5.74, 6) is -0.0837. The molecule has 0 saturated carbocycles. The van der Waals surface area contributed by atoms with Gasteiger partial charge >= 0.3 is 5.97 Å². The fourth-order valence-corrected chi connectivity index (χ4v) is 2.84. The molecule has 0 aromatic rings. The van der Waals surface area contributed by atoms with Crippen molar-refractivity contribution < 1.29 is 9.53 Å². The summed E-state index contributed by atoms with van der Waals surface area (Å²) < 4.78 is 4.92. The van der Waals surface area contributed by atoms with Gasteiger partial charge in [-0.3, -0.25) is 4.79 Å². The maximum Gasteiger partial charge on any atom is 0.305 e. The Hall–Kier alpha value is -0.180. The molecule has 21 heavy (non-hydrogen) atoms. The summed E-state index contributed by atoms with van der Waals surface area (Å²) in [6, 6.07) is 0. The number of hydrogen-bond donors (Lipinski definition) is 1. The van der Waals surface area contributed by atoms with Crippen molar-refractivity contribution in [3.63, 3.8) is 0 Å². The average molecular weight is 317 g/mol. The molecule has 0 radical (unpaired) electrons. The highest BCUT2D eigenvalue weighted by Gasteiger charge is 2.07. The Balaban J connectivity index is 3.21. The third-order valence-electron chi connectivity index (χ3n) is 3.88. The fraction of sp³-hybridized carbons (Fsp3) is 0.944. The van der Waals surface area contributed by atoms with E-state index < -0.39 is 0 Å². The van der Waals surface area contributed by atoms with E-state index in [1.165, 1.54) is 64.2 Å². The van der Waals surface area contributed by atoms with Gasteiger partial charge in [0, 0.05) is 11.7 Å². The number of ether oxygens (including phenoxy) is 1. The van der Waals surface area contributed by atoms with Crippen molar-refractivity contribution in [2.24, 2.45) is 0 Å². The van der Waals surface area contributed by atoms with Gasteiger partial charge in [-0.1, -0.05) is 71.1 Å². The zero-order valence-electron chi connectivity index (χ0n) is 14.2. The highest BCUT2D eigenvalue weighted by atomic mass is 32.1. The molecule has 0 saturated heterocycles. The monoisotopic (exact) mass is 316 g/mol. The third kappa shape index (κ3) is 16.0. The number of esters is 1. The molecule has 126 valence electrons. The van der Waals surface area contributed by atoms with Gasteiger partial charge in [0.1, 0.15) is 0 Å². The molecule has 0 aromatic heterocycles. The molecular formula is C18H36O2S. The number of hydrogen-bond acceptors (Lipinski definition) is 3. The van der Waals surface area contributed by atoms with Gasteiger partial charge in [0.2, 0.25) is 0 Å². The summed E-state index contributed by atoms with van der Waals surface area (Å²) in [6.07, 6.45) is 16.1. The first-order chi connectivity index (χ1) is 10.2. The second-order valence-electron chi connectivity index (χ2n) is 5.97. The van der Waals surface area contributed by atoms with Gasteiger partial charge in [0.15, 0.2) is 0 Å². The van der Waals surface area contributed by atoms with E-state index in [9.17, 15) is 4.79 Å². The average Bonchev–Trinajstić information content (AvgIpc) is 2.47. The Morgan fingerprint density at radius 2 is 1.38 bits per heavy atom. The van der Waals surface area contributed by atoms with Gasteiger partial charge in [0.05, 0.1) is 6.61 Å². The van der Waals surface area contributed by atoms with Crippen LogP contribution in [0.15, 0.2) is 0 Å². The van der Waals surface area contributed by atoms with Crippen LogP contribution in [0.4, 0.5) is 0 Å². The van der Waals surface area contributed by atoms with E-state index in [0.717, 1.165) is 12.8 Å². The molecule has 0 heterocycles. The SMILES string of the molecule is CCCCCCCCCCCCC(S)CCC(=O)OCC. The Morgan fingerprint density at radius 1 is 0.857 bits per heavy atom. The highest BCUT2D eigenvalue weighted by Crippen LogP contribution is 2.16. The van der Waals surface area contributed by atoms with E-state index in [2.05, 4.69) is 19.6 Å². The van der Waals surface area contributed by atoms with E-state index >= 15 is 0 Å². The summed E-state index contributed by atoms with van der Waals surface area (Å²) in [6.45, 7) is 4.59. The van der Waals surface area contributed by atoms with E-state index in [4.69, 9.17) is 4.74 Å². The van der Waals surface area contributed by atoms with Crippen LogP contribution < -0.4 is 0 Å². The highest BCUT2D eigenvalue weighted by molar-refractivity contribution is 7.80. The van der Waals surface area contributed by atoms with E-state index in [1.54, 1.807) is 0 Å². The molecule has 0 spiro atoms. The molecule has 0 aromatic carbocycles. The summed E-state index contributed by atoms with van der Waals surface area (Å²) in [7, 11) is 0. The van der Waals surface area contributed by atoms with E-state index in [0.29, 0.717) is 18.3 Å². The molecule has 1 atom stereocenters. The molecule has 0 rings (SSSR count). The molecule has 0 aliphatic heterocycles. The van der Waals surface area contributed by atoms with Crippen molar-refractivity contribution in [3.05, 3.63) is 0 Å². The van der Waals surface area contributed by atoms with Crippen molar-refractivity contribution in [1.82, 2.24) is 0 Å². The second-order valence-corrected chi connectivity index (χ2v) is 6.70. The lowest BCUT2D eigenvalue weighted by atomic mass is 10.0. The van der Waals surface area contributed by atoms with Gasteiger partial charge in [-0.15, -0.1) is 0 Å². The lowest BCUT2D eigenvalue weighted by Gasteiger charge is -2.10. The van der Waals surface area contributed by atoms with Crippen molar-refractivity contribution in [3.8, 4) is 0 Å². The molecule has 0 aliphatic carbocycles. The van der Waals surface area contributed by atoms with Crippen LogP contribution in [0.25, 0.3) is 0 Å². The molecule has 0 N–H and O–H groups in total.